The summed E-state index contributed by atoms with van der Waals surface area (Å²) in [7, 11) is 0. The molecular formula is C24H26N2O4. The Morgan fingerprint density at radius 3 is 1.93 bits per heavy atom. The van der Waals surface area contributed by atoms with Crippen molar-refractivity contribution in [1.82, 2.24) is 9.78 Å². The summed E-state index contributed by atoms with van der Waals surface area (Å²) in [5.74, 6) is 1.71. The number of hydrogen-bond acceptors (Lipinski definition) is 5. The van der Waals surface area contributed by atoms with Crippen LogP contribution in [0.15, 0.2) is 48.5 Å². The molecule has 2 unspecified atom stereocenters. The van der Waals surface area contributed by atoms with Crippen molar-refractivity contribution in [3.8, 4) is 28.4 Å². The second-order valence-electron chi connectivity index (χ2n) is 7.74. The first-order chi connectivity index (χ1) is 14.7. The Bertz CT molecular complexity index is 1000. The molecule has 0 saturated carbocycles. The van der Waals surface area contributed by atoms with E-state index in [0.717, 1.165) is 48.1 Å². The Labute approximate surface area is 176 Å². The molecule has 6 heteroatoms. The maximum Gasteiger partial charge on any atom is 0.119 e. The second kappa shape index (κ2) is 8.13. The molecule has 2 aliphatic rings. The third kappa shape index (κ3) is 4.20. The van der Waals surface area contributed by atoms with E-state index in [1.54, 1.807) is 0 Å². The van der Waals surface area contributed by atoms with Crippen LogP contribution in [0.5, 0.6) is 11.5 Å². The van der Waals surface area contributed by atoms with Gasteiger partial charge in [-0.1, -0.05) is 6.92 Å². The Morgan fingerprint density at radius 2 is 1.43 bits per heavy atom. The van der Waals surface area contributed by atoms with E-state index in [9.17, 15) is 0 Å². The van der Waals surface area contributed by atoms with Gasteiger partial charge in [0.25, 0.3) is 0 Å². The summed E-state index contributed by atoms with van der Waals surface area (Å²) < 4.78 is 23.9. The summed E-state index contributed by atoms with van der Waals surface area (Å²) in [6.45, 7) is 7.12. The molecule has 0 amide bonds. The number of benzene rings is 2. The van der Waals surface area contributed by atoms with Gasteiger partial charge in [-0.3, -0.25) is 0 Å². The standard InChI is InChI=1S/C24H26N2O4/c1-3-23-16(2)24(17-4-8-19(9-5-17)27-12-21-14-29-21)25-26(23)18-6-10-20(11-7-18)28-13-22-15-30-22/h4-11,21-22H,3,12-15H2,1-2H3. The molecule has 0 aliphatic carbocycles. The number of epoxide rings is 2. The third-order valence-corrected chi connectivity index (χ3v) is 5.46. The molecule has 2 atom stereocenters. The van der Waals surface area contributed by atoms with Gasteiger partial charge < -0.3 is 18.9 Å². The van der Waals surface area contributed by atoms with Gasteiger partial charge in [0.1, 0.15) is 36.9 Å². The fourth-order valence-corrected chi connectivity index (χ4v) is 3.53. The molecule has 0 bridgehead atoms. The third-order valence-electron chi connectivity index (χ3n) is 5.46. The molecule has 0 N–H and O–H groups in total. The fraction of sp³-hybridized carbons (Fsp3) is 0.375. The molecule has 156 valence electrons. The van der Waals surface area contributed by atoms with Gasteiger partial charge in [0.2, 0.25) is 0 Å². The minimum atomic E-state index is 0.256. The monoisotopic (exact) mass is 406 g/mol. The minimum Gasteiger partial charge on any atom is -0.491 e. The van der Waals surface area contributed by atoms with Crippen LogP contribution in [-0.4, -0.2) is 48.4 Å². The smallest absolute Gasteiger partial charge is 0.119 e. The van der Waals surface area contributed by atoms with Crippen molar-refractivity contribution in [3.05, 3.63) is 59.8 Å². The van der Waals surface area contributed by atoms with Crippen LogP contribution in [0.25, 0.3) is 16.9 Å². The van der Waals surface area contributed by atoms with Crippen molar-refractivity contribution in [2.24, 2.45) is 0 Å². The second-order valence-corrected chi connectivity index (χ2v) is 7.74. The summed E-state index contributed by atoms with van der Waals surface area (Å²) in [4.78, 5) is 0. The molecule has 3 aromatic rings. The SMILES string of the molecule is CCc1c(C)c(-c2ccc(OCC3CO3)cc2)nn1-c1ccc(OCC2CO2)cc1. The zero-order chi connectivity index (χ0) is 20.5. The zero-order valence-electron chi connectivity index (χ0n) is 17.3. The van der Waals surface area contributed by atoms with Gasteiger partial charge in [-0.25, -0.2) is 4.68 Å². The van der Waals surface area contributed by atoms with E-state index in [0.29, 0.717) is 13.2 Å². The van der Waals surface area contributed by atoms with Gasteiger partial charge >= 0.3 is 0 Å². The number of aromatic nitrogens is 2. The van der Waals surface area contributed by atoms with E-state index in [1.165, 1.54) is 11.3 Å². The molecule has 5 rings (SSSR count). The first kappa shape index (κ1) is 19.2. The number of nitrogens with zero attached hydrogens (tertiary/aromatic N) is 2. The average molecular weight is 406 g/mol. The molecule has 2 aliphatic heterocycles. The molecular weight excluding hydrogens is 380 g/mol. The summed E-state index contributed by atoms with van der Waals surface area (Å²) in [5.41, 5.74) is 5.51. The highest BCUT2D eigenvalue weighted by molar-refractivity contribution is 5.65. The van der Waals surface area contributed by atoms with E-state index in [1.807, 2.05) is 28.9 Å². The van der Waals surface area contributed by atoms with Crippen molar-refractivity contribution in [1.29, 1.82) is 0 Å². The largest absolute Gasteiger partial charge is 0.491 e. The minimum absolute atomic E-state index is 0.256. The molecule has 0 spiro atoms. The van der Waals surface area contributed by atoms with E-state index in [2.05, 4.69) is 38.1 Å². The quantitative estimate of drug-likeness (QED) is 0.503. The highest BCUT2D eigenvalue weighted by Crippen LogP contribution is 2.29. The maximum atomic E-state index is 5.75. The van der Waals surface area contributed by atoms with Gasteiger partial charge in [-0.05, 0) is 67.4 Å². The Hall–Kier alpha value is -2.83. The fourth-order valence-electron chi connectivity index (χ4n) is 3.53. The van der Waals surface area contributed by atoms with Crippen LogP contribution in [0.2, 0.25) is 0 Å². The van der Waals surface area contributed by atoms with Crippen LogP contribution < -0.4 is 9.47 Å². The van der Waals surface area contributed by atoms with Crippen molar-refractivity contribution >= 4 is 0 Å². The van der Waals surface area contributed by atoms with Crippen LogP contribution in [0.1, 0.15) is 18.2 Å². The van der Waals surface area contributed by atoms with Crippen LogP contribution in [0, 0.1) is 6.92 Å². The Kier molecular flexibility index (Phi) is 5.19. The number of ether oxygens (including phenoxy) is 4. The Morgan fingerprint density at radius 1 is 0.900 bits per heavy atom. The van der Waals surface area contributed by atoms with Crippen LogP contribution in [-0.2, 0) is 15.9 Å². The van der Waals surface area contributed by atoms with Gasteiger partial charge in [-0.2, -0.15) is 5.10 Å². The highest BCUT2D eigenvalue weighted by Gasteiger charge is 2.24. The van der Waals surface area contributed by atoms with E-state index in [4.69, 9.17) is 24.0 Å². The topological polar surface area (TPSA) is 61.3 Å². The van der Waals surface area contributed by atoms with Gasteiger partial charge in [0.15, 0.2) is 0 Å². The predicted octanol–water partition coefficient (Wildman–Crippen LogP) is 3.97. The lowest BCUT2D eigenvalue weighted by atomic mass is 10.1. The van der Waals surface area contributed by atoms with Crippen molar-refractivity contribution in [3.63, 3.8) is 0 Å². The van der Waals surface area contributed by atoms with Crippen LogP contribution in [0.4, 0.5) is 0 Å². The number of hydrogen-bond donors (Lipinski definition) is 0. The average Bonchev–Trinajstić information content (AvgIpc) is 3.70. The molecule has 6 nitrogen and oxygen atoms in total. The van der Waals surface area contributed by atoms with Gasteiger partial charge in [0.05, 0.1) is 24.6 Å². The lowest BCUT2D eigenvalue weighted by Gasteiger charge is -2.08. The van der Waals surface area contributed by atoms with Crippen molar-refractivity contribution in [2.75, 3.05) is 26.4 Å². The van der Waals surface area contributed by atoms with Crippen LogP contribution in [0.3, 0.4) is 0 Å². The van der Waals surface area contributed by atoms with E-state index in [-0.39, 0.29) is 12.2 Å². The highest BCUT2D eigenvalue weighted by atomic mass is 16.6. The maximum absolute atomic E-state index is 5.75. The molecule has 2 saturated heterocycles. The summed E-state index contributed by atoms with van der Waals surface area (Å²) in [6, 6.07) is 16.2. The molecule has 30 heavy (non-hydrogen) atoms. The lowest BCUT2D eigenvalue weighted by Crippen LogP contribution is -2.05. The lowest BCUT2D eigenvalue weighted by molar-refractivity contribution is 0.263. The first-order valence-corrected chi connectivity index (χ1v) is 10.5. The molecule has 0 radical (unpaired) electrons. The molecule has 3 heterocycles. The predicted molar refractivity (Wildman–Crippen MR) is 114 cm³/mol. The first-order valence-electron chi connectivity index (χ1n) is 10.5. The van der Waals surface area contributed by atoms with E-state index < -0.39 is 0 Å². The van der Waals surface area contributed by atoms with Crippen molar-refractivity contribution < 1.29 is 18.9 Å². The Balaban J connectivity index is 1.36. The van der Waals surface area contributed by atoms with Gasteiger partial charge in [-0.15, -0.1) is 0 Å². The summed E-state index contributed by atoms with van der Waals surface area (Å²) in [5, 5.41) is 4.94. The summed E-state index contributed by atoms with van der Waals surface area (Å²) in [6.07, 6.45) is 1.42. The van der Waals surface area contributed by atoms with E-state index >= 15 is 0 Å². The zero-order valence-corrected chi connectivity index (χ0v) is 17.3. The van der Waals surface area contributed by atoms with Gasteiger partial charge in [0, 0.05) is 11.3 Å². The molecule has 2 fully saturated rings. The number of rotatable bonds is 9. The normalized spacial score (nSPS) is 19.5. The molecule has 2 aromatic carbocycles. The summed E-state index contributed by atoms with van der Waals surface area (Å²) >= 11 is 0. The van der Waals surface area contributed by atoms with Crippen molar-refractivity contribution in [2.45, 2.75) is 32.5 Å². The van der Waals surface area contributed by atoms with Crippen LogP contribution >= 0.6 is 0 Å². The molecule has 1 aromatic heterocycles.